The monoisotopic (exact) mass is 273 g/mol. The van der Waals surface area contributed by atoms with Gasteiger partial charge in [0.25, 0.3) is 0 Å². The van der Waals surface area contributed by atoms with Crippen molar-refractivity contribution in [3.05, 3.63) is 89.2 Å². The maximum atomic E-state index is 3.72. The average Bonchev–Trinajstić information content (AvgIpc) is 2.55. The summed E-state index contributed by atoms with van der Waals surface area (Å²) < 4.78 is 0. The SMILES string of the molecule is C1=CC2=C(NC3C=Cc4ccccc4C3)C=CCC2C=C1. The number of hydrogen-bond donors (Lipinski definition) is 1. The van der Waals surface area contributed by atoms with E-state index in [0.29, 0.717) is 12.0 Å². The van der Waals surface area contributed by atoms with Gasteiger partial charge in [0, 0.05) is 17.7 Å². The second-order valence-electron chi connectivity index (χ2n) is 5.87. The van der Waals surface area contributed by atoms with Crippen LogP contribution in [-0.4, -0.2) is 6.04 Å². The quantitative estimate of drug-likeness (QED) is 0.852. The van der Waals surface area contributed by atoms with Gasteiger partial charge in [-0.3, -0.25) is 0 Å². The van der Waals surface area contributed by atoms with Gasteiger partial charge in [-0.05, 0) is 35.6 Å². The van der Waals surface area contributed by atoms with Crippen molar-refractivity contribution in [2.45, 2.75) is 18.9 Å². The molecule has 1 nitrogen and oxygen atoms in total. The van der Waals surface area contributed by atoms with Crippen LogP contribution in [0.4, 0.5) is 0 Å². The minimum absolute atomic E-state index is 0.380. The molecule has 0 saturated carbocycles. The molecular weight excluding hydrogens is 254 g/mol. The molecule has 0 aromatic heterocycles. The Morgan fingerprint density at radius 3 is 2.90 bits per heavy atom. The third-order valence-corrected chi connectivity index (χ3v) is 4.46. The van der Waals surface area contributed by atoms with Crippen molar-refractivity contribution in [1.29, 1.82) is 0 Å². The Kier molecular flexibility index (Phi) is 3.11. The Labute approximate surface area is 126 Å². The molecule has 2 unspecified atom stereocenters. The van der Waals surface area contributed by atoms with E-state index in [4.69, 9.17) is 0 Å². The minimum atomic E-state index is 0.380. The highest BCUT2D eigenvalue weighted by molar-refractivity contribution is 5.58. The highest BCUT2D eigenvalue weighted by Crippen LogP contribution is 2.30. The first kappa shape index (κ1) is 12.5. The summed E-state index contributed by atoms with van der Waals surface area (Å²) in [6.07, 6.45) is 20.1. The van der Waals surface area contributed by atoms with Crippen LogP contribution in [-0.2, 0) is 6.42 Å². The van der Waals surface area contributed by atoms with E-state index in [9.17, 15) is 0 Å². The molecule has 0 aliphatic heterocycles. The smallest absolute Gasteiger partial charge is 0.0488 e. The van der Waals surface area contributed by atoms with Crippen LogP contribution in [0.5, 0.6) is 0 Å². The lowest BCUT2D eigenvalue weighted by molar-refractivity contribution is 0.646. The summed E-state index contributed by atoms with van der Waals surface area (Å²) in [6, 6.07) is 9.03. The molecule has 0 bridgehead atoms. The van der Waals surface area contributed by atoms with E-state index in [2.05, 4.69) is 78.2 Å². The first-order valence-corrected chi connectivity index (χ1v) is 7.68. The summed E-state index contributed by atoms with van der Waals surface area (Å²) in [4.78, 5) is 0. The molecule has 4 rings (SSSR count). The van der Waals surface area contributed by atoms with E-state index >= 15 is 0 Å². The third-order valence-electron chi connectivity index (χ3n) is 4.46. The molecule has 0 amide bonds. The zero-order chi connectivity index (χ0) is 14.1. The van der Waals surface area contributed by atoms with Gasteiger partial charge < -0.3 is 5.32 Å². The predicted octanol–water partition coefficient (Wildman–Crippen LogP) is 4.17. The van der Waals surface area contributed by atoms with Crippen LogP contribution < -0.4 is 5.32 Å². The average molecular weight is 273 g/mol. The van der Waals surface area contributed by atoms with Crippen molar-refractivity contribution in [2.24, 2.45) is 5.92 Å². The number of nitrogens with one attached hydrogen (secondary N) is 1. The minimum Gasteiger partial charge on any atom is -0.378 e. The molecule has 1 aromatic carbocycles. The highest BCUT2D eigenvalue weighted by atomic mass is 14.9. The van der Waals surface area contributed by atoms with Crippen LogP contribution in [0.15, 0.2) is 78.1 Å². The van der Waals surface area contributed by atoms with Gasteiger partial charge in [-0.15, -0.1) is 0 Å². The lowest BCUT2D eigenvalue weighted by Crippen LogP contribution is -2.32. The summed E-state index contributed by atoms with van der Waals surface area (Å²) in [5.74, 6) is 0.544. The topological polar surface area (TPSA) is 12.0 Å². The first-order valence-electron chi connectivity index (χ1n) is 7.68. The Bertz CT molecular complexity index is 700. The molecule has 1 heteroatoms. The zero-order valence-corrected chi connectivity index (χ0v) is 12.0. The standard InChI is InChI=1S/C20H19N/c1-2-8-17-14-18(13-12-15(17)6-1)21-20-11-5-9-16-7-3-4-10-19(16)20/h1-8,10-13,16,18,21H,9,14H2. The second-order valence-corrected chi connectivity index (χ2v) is 5.87. The van der Waals surface area contributed by atoms with Gasteiger partial charge >= 0.3 is 0 Å². The molecule has 3 aliphatic rings. The fraction of sp³-hybridized carbons (Fsp3) is 0.200. The first-order chi connectivity index (χ1) is 10.4. The molecule has 3 aliphatic carbocycles. The van der Waals surface area contributed by atoms with Crippen molar-refractivity contribution in [3.63, 3.8) is 0 Å². The summed E-state index contributed by atoms with van der Waals surface area (Å²) >= 11 is 0. The zero-order valence-electron chi connectivity index (χ0n) is 12.0. The molecule has 104 valence electrons. The molecule has 0 radical (unpaired) electrons. The summed E-state index contributed by atoms with van der Waals surface area (Å²) in [5.41, 5.74) is 5.48. The van der Waals surface area contributed by atoms with Crippen LogP contribution in [0.2, 0.25) is 0 Å². The van der Waals surface area contributed by atoms with Crippen molar-refractivity contribution in [3.8, 4) is 0 Å². The number of rotatable bonds is 2. The summed E-state index contributed by atoms with van der Waals surface area (Å²) in [5, 5.41) is 3.72. The fourth-order valence-electron chi connectivity index (χ4n) is 3.35. The van der Waals surface area contributed by atoms with E-state index in [0.717, 1.165) is 12.8 Å². The molecule has 0 spiro atoms. The molecule has 1 N–H and O–H groups in total. The van der Waals surface area contributed by atoms with Crippen LogP contribution in [0.1, 0.15) is 17.5 Å². The van der Waals surface area contributed by atoms with Crippen molar-refractivity contribution in [2.75, 3.05) is 0 Å². The number of fused-ring (bicyclic) bond motifs is 2. The van der Waals surface area contributed by atoms with Crippen molar-refractivity contribution < 1.29 is 0 Å². The molecule has 0 heterocycles. The van der Waals surface area contributed by atoms with Crippen LogP contribution >= 0.6 is 0 Å². The van der Waals surface area contributed by atoms with Gasteiger partial charge in [0.15, 0.2) is 0 Å². The maximum Gasteiger partial charge on any atom is 0.0488 e. The van der Waals surface area contributed by atoms with Gasteiger partial charge in [0.2, 0.25) is 0 Å². The molecule has 0 saturated heterocycles. The Balaban J connectivity index is 1.58. The number of allylic oxidation sites excluding steroid dienone is 7. The largest absolute Gasteiger partial charge is 0.378 e. The van der Waals surface area contributed by atoms with E-state index < -0.39 is 0 Å². The predicted molar refractivity (Wildman–Crippen MR) is 88.7 cm³/mol. The van der Waals surface area contributed by atoms with Crippen LogP contribution in [0.25, 0.3) is 6.08 Å². The number of benzene rings is 1. The summed E-state index contributed by atoms with van der Waals surface area (Å²) in [7, 11) is 0. The molecule has 0 fully saturated rings. The second kappa shape index (κ2) is 5.25. The summed E-state index contributed by atoms with van der Waals surface area (Å²) in [6.45, 7) is 0. The van der Waals surface area contributed by atoms with Crippen LogP contribution in [0.3, 0.4) is 0 Å². The lowest BCUT2D eigenvalue weighted by Gasteiger charge is -2.27. The molecule has 21 heavy (non-hydrogen) atoms. The third kappa shape index (κ3) is 2.40. The van der Waals surface area contributed by atoms with E-state index in [-0.39, 0.29) is 0 Å². The van der Waals surface area contributed by atoms with E-state index in [1.54, 1.807) is 0 Å². The van der Waals surface area contributed by atoms with Crippen molar-refractivity contribution in [1.82, 2.24) is 5.32 Å². The van der Waals surface area contributed by atoms with Gasteiger partial charge in [-0.1, -0.05) is 66.8 Å². The Hall–Kier alpha value is -2.28. The van der Waals surface area contributed by atoms with E-state index in [1.165, 1.54) is 22.4 Å². The van der Waals surface area contributed by atoms with Gasteiger partial charge in [0.05, 0.1) is 0 Å². The fourth-order valence-corrected chi connectivity index (χ4v) is 3.35. The number of hydrogen-bond acceptors (Lipinski definition) is 1. The van der Waals surface area contributed by atoms with Crippen molar-refractivity contribution >= 4 is 6.08 Å². The molecule has 1 aromatic rings. The lowest BCUT2D eigenvalue weighted by atomic mass is 9.86. The van der Waals surface area contributed by atoms with Gasteiger partial charge in [-0.25, -0.2) is 0 Å². The Morgan fingerprint density at radius 2 is 1.90 bits per heavy atom. The van der Waals surface area contributed by atoms with Crippen LogP contribution in [0, 0.1) is 5.92 Å². The normalized spacial score (nSPS) is 25.7. The maximum absolute atomic E-state index is 3.72. The molecule has 2 atom stereocenters. The van der Waals surface area contributed by atoms with Gasteiger partial charge in [-0.2, -0.15) is 0 Å². The Morgan fingerprint density at radius 1 is 0.952 bits per heavy atom. The molecular formula is C20H19N. The van der Waals surface area contributed by atoms with E-state index in [1.807, 2.05) is 0 Å². The highest BCUT2D eigenvalue weighted by Gasteiger charge is 2.20. The van der Waals surface area contributed by atoms with Gasteiger partial charge in [0.1, 0.15) is 0 Å².